The molecule has 4 saturated heterocycles. The minimum atomic E-state index is -0.779. The van der Waals surface area contributed by atoms with Gasteiger partial charge in [0.25, 0.3) is 0 Å². The zero-order valence-corrected chi connectivity index (χ0v) is 17.1. The van der Waals surface area contributed by atoms with Crippen molar-refractivity contribution in [3.63, 3.8) is 0 Å². The van der Waals surface area contributed by atoms with Crippen LogP contribution in [0.15, 0.2) is 24.3 Å². The van der Waals surface area contributed by atoms with E-state index in [0.29, 0.717) is 24.9 Å². The summed E-state index contributed by atoms with van der Waals surface area (Å²) in [6.07, 6.45) is 0.378. The zero-order valence-electron chi connectivity index (χ0n) is 17.1. The first-order chi connectivity index (χ1) is 13.9. The molecule has 2 amide bonds. The Labute approximate surface area is 171 Å². The Balaban J connectivity index is 1.23. The highest BCUT2D eigenvalue weighted by atomic mass is 16.4. The topological polar surface area (TPSA) is 67.3 Å². The van der Waals surface area contributed by atoms with Crippen LogP contribution < -0.4 is 4.90 Å². The van der Waals surface area contributed by atoms with Gasteiger partial charge >= 0.3 is 6.09 Å². The summed E-state index contributed by atoms with van der Waals surface area (Å²) in [6, 6.07) is 8.71. The number of anilines is 1. The van der Waals surface area contributed by atoms with E-state index in [1.54, 1.807) is 11.8 Å². The number of nitrogens with zero attached hydrogens (tertiary/aromatic N) is 4. The van der Waals surface area contributed by atoms with Crippen LogP contribution in [-0.2, 0) is 11.3 Å². The summed E-state index contributed by atoms with van der Waals surface area (Å²) in [7, 11) is 0. The molecule has 29 heavy (non-hydrogen) atoms. The molecule has 0 radical (unpaired) electrons. The van der Waals surface area contributed by atoms with Gasteiger partial charge < -0.3 is 19.8 Å². The molecule has 5 rings (SSSR count). The largest absolute Gasteiger partial charge is 0.465 e. The second-order valence-corrected chi connectivity index (χ2v) is 9.58. The minimum Gasteiger partial charge on any atom is -0.465 e. The molecular weight excluding hydrogens is 368 g/mol. The summed E-state index contributed by atoms with van der Waals surface area (Å²) in [5, 5.41) is 9.23. The minimum absolute atomic E-state index is 0.190. The van der Waals surface area contributed by atoms with Gasteiger partial charge in [-0.05, 0) is 29.9 Å². The summed E-state index contributed by atoms with van der Waals surface area (Å²) < 4.78 is 0. The Morgan fingerprint density at radius 3 is 2.38 bits per heavy atom. The molecule has 0 aliphatic carbocycles. The molecule has 4 fully saturated rings. The third kappa shape index (κ3) is 3.35. The molecule has 0 aromatic heterocycles. The highest BCUT2D eigenvalue weighted by Crippen LogP contribution is 2.42. The third-order valence-electron chi connectivity index (χ3n) is 7.49. The lowest BCUT2D eigenvalue weighted by atomic mass is 9.79. The van der Waals surface area contributed by atoms with E-state index in [-0.39, 0.29) is 11.3 Å². The van der Waals surface area contributed by atoms with E-state index in [1.165, 1.54) is 11.3 Å². The van der Waals surface area contributed by atoms with Crippen molar-refractivity contribution in [1.29, 1.82) is 0 Å². The first kappa shape index (κ1) is 18.7. The molecule has 4 heterocycles. The predicted octanol–water partition coefficient (Wildman–Crippen LogP) is 1.79. The van der Waals surface area contributed by atoms with Crippen LogP contribution in [0.5, 0.6) is 0 Å². The predicted molar refractivity (Wildman–Crippen MR) is 110 cm³/mol. The van der Waals surface area contributed by atoms with E-state index < -0.39 is 6.09 Å². The third-order valence-corrected chi connectivity index (χ3v) is 7.49. The number of para-hydroxylation sites is 1. The Bertz CT molecular complexity index is 808. The lowest BCUT2D eigenvalue weighted by Crippen LogP contribution is -2.59. The number of carbonyl (C=O) groups is 2. The van der Waals surface area contributed by atoms with Crippen LogP contribution in [0.2, 0.25) is 0 Å². The standard InChI is InChI=1S/C22H30N4O3/c1-16(27)26-14-22(15-26)6-7-24(13-22)20-5-3-2-4-17(20)8-23-9-18-11-25(21(28)29)12-19(18)10-23/h2-5,18-19H,6-15H2,1H3,(H,28,29). The van der Waals surface area contributed by atoms with Gasteiger partial charge in [-0.1, -0.05) is 18.2 Å². The van der Waals surface area contributed by atoms with Crippen molar-refractivity contribution >= 4 is 17.7 Å². The number of carbonyl (C=O) groups excluding carboxylic acids is 1. The monoisotopic (exact) mass is 398 g/mol. The average molecular weight is 399 g/mol. The van der Waals surface area contributed by atoms with Crippen LogP contribution in [0.25, 0.3) is 0 Å². The molecular formula is C22H30N4O3. The normalized spacial score (nSPS) is 28.1. The number of benzene rings is 1. The van der Waals surface area contributed by atoms with Crippen molar-refractivity contribution in [1.82, 2.24) is 14.7 Å². The summed E-state index contributed by atoms with van der Waals surface area (Å²) in [6.45, 7) is 9.82. The Hall–Kier alpha value is -2.28. The highest BCUT2D eigenvalue weighted by molar-refractivity contribution is 5.74. The van der Waals surface area contributed by atoms with Gasteiger partial charge in [-0.3, -0.25) is 9.69 Å². The van der Waals surface area contributed by atoms with Crippen LogP contribution in [0.3, 0.4) is 0 Å². The van der Waals surface area contributed by atoms with Crippen LogP contribution in [0.1, 0.15) is 18.9 Å². The van der Waals surface area contributed by atoms with Gasteiger partial charge in [-0.25, -0.2) is 4.79 Å². The maximum Gasteiger partial charge on any atom is 0.407 e. The molecule has 0 saturated carbocycles. The van der Waals surface area contributed by atoms with Crippen molar-refractivity contribution in [2.75, 3.05) is 57.3 Å². The van der Waals surface area contributed by atoms with E-state index in [0.717, 1.165) is 52.2 Å². The van der Waals surface area contributed by atoms with Gasteiger partial charge in [0.15, 0.2) is 0 Å². The Morgan fingerprint density at radius 2 is 1.72 bits per heavy atom. The highest BCUT2D eigenvalue weighted by Gasteiger charge is 2.49. The molecule has 0 bridgehead atoms. The second kappa shape index (κ2) is 6.90. The van der Waals surface area contributed by atoms with Gasteiger partial charge in [0.05, 0.1) is 0 Å². The summed E-state index contributed by atoms with van der Waals surface area (Å²) in [4.78, 5) is 31.3. The van der Waals surface area contributed by atoms with E-state index in [1.807, 2.05) is 4.90 Å². The van der Waals surface area contributed by atoms with E-state index in [9.17, 15) is 14.7 Å². The lowest BCUT2D eigenvalue weighted by Gasteiger charge is -2.47. The van der Waals surface area contributed by atoms with Crippen LogP contribution >= 0.6 is 0 Å². The number of hydrogen-bond donors (Lipinski definition) is 1. The number of likely N-dealkylation sites (tertiary alicyclic amines) is 3. The number of carboxylic acid groups (broad SMARTS) is 1. The maximum atomic E-state index is 11.6. The number of fused-ring (bicyclic) bond motifs is 1. The molecule has 2 atom stereocenters. The van der Waals surface area contributed by atoms with Crippen LogP contribution in [0.4, 0.5) is 10.5 Å². The Morgan fingerprint density at radius 1 is 1.03 bits per heavy atom. The smallest absolute Gasteiger partial charge is 0.407 e. The number of amides is 2. The van der Waals surface area contributed by atoms with E-state index in [2.05, 4.69) is 34.1 Å². The SMILES string of the molecule is CC(=O)N1CC2(CCN(c3ccccc3CN3CC4CN(C(=O)O)CC4C3)C2)C1. The molecule has 4 aliphatic heterocycles. The van der Waals surface area contributed by atoms with Crippen LogP contribution in [0, 0.1) is 17.3 Å². The molecule has 1 spiro atoms. The molecule has 156 valence electrons. The van der Waals surface area contributed by atoms with Crippen molar-refractivity contribution in [2.45, 2.75) is 19.9 Å². The second-order valence-electron chi connectivity index (χ2n) is 9.58. The van der Waals surface area contributed by atoms with Crippen molar-refractivity contribution in [3.05, 3.63) is 29.8 Å². The van der Waals surface area contributed by atoms with Crippen molar-refractivity contribution in [3.8, 4) is 0 Å². The molecule has 1 aromatic carbocycles. The van der Waals surface area contributed by atoms with Crippen LogP contribution in [-0.4, -0.2) is 84.2 Å². The number of rotatable bonds is 3. The summed E-state index contributed by atoms with van der Waals surface area (Å²) in [5.41, 5.74) is 2.97. The van der Waals surface area contributed by atoms with E-state index in [4.69, 9.17) is 0 Å². The fourth-order valence-corrected chi connectivity index (χ4v) is 5.95. The van der Waals surface area contributed by atoms with Crippen molar-refractivity contribution < 1.29 is 14.7 Å². The summed E-state index contributed by atoms with van der Waals surface area (Å²) >= 11 is 0. The molecule has 1 aromatic rings. The maximum absolute atomic E-state index is 11.6. The van der Waals surface area contributed by atoms with Gasteiger partial charge in [0.1, 0.15) is 0 Å². The van der Waals surface area contributed by atoms with Gasteiger partial charge in [0.2, 0.25) is 5.91 Å². The van der Waals surface area contributed by atoms with Gasteiger partial charge in [0, 0.05) is 76.9 Å². The molecule has 4 aliphatic rings. The quantitative estimate of drug-likeness (QED) is 0.841. The molecule has 2 unspecified atom stereocenters. The fraction of sp³-hybridized carbons (Fsp3) is 0.636. The number of hydrogen-bond acceptors (Lipinski definition) is 4. The van der Waals surface area contributed by atoms with Crippen molar-refractivity contribution in [2.24, 2.45) is 17.3 Å². The average Bonchev–Trinajstić information content (AvgIpc) is 3.33. The van der Waals surface area contributed by atoms with Gasteiger partial charge in [-0.15, -0.1) is 0 Å². The molecule has 7 nitrogen and oxygen atoms in total. The van der Waals surface area contributed by atoms with Gasteiger partial charge in [-0.2, -0.15) is 0 Å². The zero-order chi connectivity index (χ0) is 20.2. The first-order valence-corrected chi connectivity index (χ1v) is 10.7. The fourth-order valence-electron chi connectivity index (χ4n) is 5.95. The molecule has 1 N–H and O–H groups in total. The van der Waals surface area contributed by atoms with E-state index >= 15 is 0 Å². The first-order valence-electron chi connectivity index (χ1n) is 10.7. The lowest BCUT2D eigenvalue weighted by molar-refractivity contribution is -0.139. The Kier molecular flexibility index (Phi) is 4.46. The summed E-state index contributed by atoms with van der Waals surface area (Å²) in [5.74, 6) is 1.14. The molecule has 7 heteroatoms.